The highest BCUT2D eigenvalue weighted by Crippen LogP contribution is 2.21. The second kappa shape index (κ2) is 5.21. The van der Waals surface area contributed by atoms with Crippen molar-refractivity contribution in [3.63, 3.8) is 0 Å². The molecule has 0 radical (unpaired) electrons. The van der Waals surface area contributed by atoms with E-state index in [4.69, 9.17) is 11.0 Å². The number of nitrogens with zero attached hydrogens (tertiary/aromatic N) is 1. The van der Waals surface area contributed by atoms with Crippen LogP contribution in [0, 0.1) is 11.3 Å². The molecule has 2 heteroatoms. The lowest BCUT2D eigenvalue weighted by Gasteiger charge is -2.08. The number of rotatable bonds is 3. The van der Waals surface area contributed by atoms with Crippen LogP contribution in [0.4, 0.5) is 5.69 Å². The molecule has 0 fully saturated rings. The van der Waals surface area contributed by atoms with E-state index >= 15 is 0 Å². The first-order valence-electron chi connectivity index (χ1n) is 5.08. The number of nitrogens with two attached hydrogens (primary N) is 1. The van der Waals surface area contributed by atoms with E-state index in [9.17, 15) is 0 Å². The SMILES string of the molecule is CC(C)c1ccc(N)c(C=CCC#N)c1. The average Bonchev–Trinajstić information content (AvgIpc) is 2.20. The van der Waals surface area contributed by atoms with Crippen molar-refractivity contribution in [2.45, 2.75) is 26.2 Å². The van der Waals surface area contributed by atoms with Crippen LogP contribution in [0.25, 0.3) is 6.08 Å². The first kappa shape index (κ1) is 11.3. The third-order valence-corrected chi connectivity index (χ3v) is 2.28. The van der Waals surface area contributed by atoms with E-state index in [0.29, 0.717) is 12.3 Å². The topological polar surface area (TPSA) is 49.8 Å². The van der Waals surface area contributed by atoms with Gasteiger partial charge in [-0.3, -0.25) is 0 Å². The maximum atomic E-state index is 8.42. The zero-order valence-corrected chi connectivity index (χ0v) is 9.20. The second-order valence-corrected chi connectivity index (χ2v) is 3.81. The highest BCUT2D eigenvalue weighted by atomic mass is 14.6. The Morgan fingerprint density at radius 3 is 2.80 bits per heavy atom. The molecule has 78 valence electrons. The van der Waals surface area contributed by atoms with Gasteiger partial charge in [-0.1, -0.05) is 32.1 Å². The number of nitriles is 1. The molecular formula is C13H16N2. The fourth-order valence-corrected chi connectivity index (χ4v) is 1.34. The molecule has 2 N–H and O–H groups in total. The predicted octanol–water partition coefficient (Wildman–Crippen LogP) is 3.32. The van der Waals surface area contributed by atoms with Gasteiger partial charge in [0.25, 0.3) is 0 Å². The van der Waals surface area contributed by atoms with Crippen LogP contribution in [0.3, 0.4) is 0 Å². The van der Waals surface area contributed by atoms with Crippen molar-refractivity contribution in [2.75, 3.05) is 5.73 Å². The molecule has 0 aliphatic carbocycles. The molecule has 0 saturated carbocycles. The lowest BCUT2D eigenvalue weighted by atomic mass is 9.99. The van der Waals surface area contributed by atoms with Crippen LogP contribution in [-0.2, 0) is 0 Å². The van der Waals surface area contributed by atoms with Gasteiger partial charge in [-0.2, -0.15) is 5.26 Å². The minimum Gasteiger partial charge on any atom is -0.398 e. The molecule has 1 aromatic carbocycles. The molecule has 0 saturated heterocycles. The Hall–Kier alpha value is -1.75. The predicted molar refractivity (Wildman–Crippen MR) is 64.2 cm³/mol. The zero-order valence-electron chi connectivity index (χ0n) is 9.20. The minimum atomic E-state index is 0.422. The molecule has 0 aromatic heterocycles. The summed E-state index contributed by atoms with van der Waals surface area (Å²) < 4.78 is 0. The smallest absolute Gasteiger partial charge is 0.0663 e. The third-order valence-electron chi connectivity index (χ3n) is 2.28. The van der Waals surface area contributed by atoms with Gasteiger partial charge in [-0.25, -0.2) is 0 Å². The molecule has 0 amide bonds. The van der Waals surface area contributed by atoms with Gasteiger partial charge in [0, 0.05) is 5.69 Å². The van der Waals surface area contributed by atoms with Crippen molar-refractivity contribution < 1.29 is 0 Å². The van der Waals surface area contributed by atoms with Gasteiger partial charge >= 0.3 is 0 Å². The normalized spacial score (nSPS) is 10.8. The van der Waals surface area contributed by atoms with Crippen LogP contribution >= 0.6 is 0 Å². The monoisotopic (exact) mass is 200 g/mol. The highest BCUT2D eigenvalue weighted by Gasteiger charge is 2.01. The van der Waals surface area contributed by atoms with Crippen LogP contribution in [0.2, 0.25) is 0 Å². The molecule has 0 aliphatic heterocycles. The fourth-order valence-electron chi connectivity index (χ4n) is 1.34. The van der Waals surface area contributed by atoms with Crippen LogP contribution < -0.4 is 5.73 Å². The van der Waals surface area contributed by atoms with Gasteiger partial charge in [-0.05, 0) is 29.2 Å². The molecule has 0 atom stereocenters. The van der Waals surface area contributed by atoms with Crippen LogP contribution in [0.1, 0.15) is 37.3 Å². The van der Waals surface area contributed by atoms with Crippen LogP contribution in [0.15, 0.2) is 24.3 Å². The first-order chi connectivity index (χ1) is 7.15. The minimum absolute atomic E-state index is 0.422. The van der Waals surface area contributed by atoms with Gasteiger partial charge in [0.1, 0.15) is 0 Å². The Balaban J connectivity index is 2.96. The van der Waals surface area contributed by atoms with Crippen molar-refractivity contribution in [1.29, 1.82) is 5.26 Å². The lowest BCUT2D eigenvalue weighted by Crippen LogP contribution is -1.93. The van der Waals surface area contributed by atoms with Crippen molar-refractivity contribution in [3.05, 3.63) is 35.4 Å². The molecule has 1 aromatic rings. The molecule has 0 spiro atoms. The fraction of sp³-hybridized carbons (Fsp3) is 0.308. The Morgan fingerprint density at radius 1 is 1.47 bits per heavy atom. The Bertz CT molecular complexity index is 397. The van der Waals surface area contributed by atoms with E-state index in [1.165, 1.54) is 5.56 Å². The van der Waals surface area contributed by atoms with Crippen LogP contribution in [0.5, 0.6) is 0 Å². The second-order valence-electron chi connectivity index (χ2n) is 3.81. The Labute approximate surface area is 91.0 Å². The van der Waals surface area contributed by atoms with Gasteiger partial charge < -0.3 is 5.73 Å². The van der Waals surface area contributed by atoms with Gasteiger partial charge in [-0.15, -0.1) is 0 Å². The van der Waals surface area contributed by atoms with Gasteiger partial charge in [0.05, 0.1) is 12.5 Å². The molecule has 15 heavy (non-hydrogen) atoms. The summed E-state index contributed by atoms with van der Waals surface area (Å²) >= 11 is 0. The maximum absolute atomic E-state index is 8.42. The Morgan fingerprint density at radius 2 is 2.20 bits per heavy atom. The summed E-state index contributed by atoms with van der Waals surface area (Å²) in [5.41, 5.74) is 8.86. The Kier molecular flexibility index (Phi) is 3.93. The van der Waals surface area contributed by atoms with E-state index in [1.807, 2.05) is 24.3 Å². The molecule has 0 aliphatic rings. The molecule has 0 unspecified atom stereocenters. The zero-order chi connectivity index (χ0) is 11.3. The van der Waals surface area contributed by atoms with Gasteiger partial charge in [0.2, 0.25) is 0 Å². The van der Waals surface area contributed by atoms with Crippen molar-refractivity contribution in [3.8, 4) is 6.07 Å². The molecular weight excluding hydrogens is 184 g/mol. The quantitative estimate of drug-likeness (QED) is 0.761. The van der Waals surface area contributed by atoms with Gasteiger partial charge in [0.15, 0.2) is 0 Å². The first-order valence-corrected chi connectivity index (χ1v) is 5.08. The van der Waals surface area contributed by atoms with E-state index in [-0.39, 0.29) is 0 Å². The summed E-state index contributed by atoms with van der Waals surface area (Å²) in [7, 11) is 0. The highest BCUT2D eigenvalue weighted by molar-refractivity contribution is 5.65. The van der Waals surface area contributed by atoms with Crippen LogP contribution in [-0.4, -0.2) is 0 Å². The summed E-state index contributed by atoms with van der Waals surface area (Å²) in [6.07, 6.45) is 4.16. The summed E-state index contributed by atoms with van der Waals surface area (Å²) in [5.74, 6) is 0.494. The largest absolute Gasteiger partial charge is 0.398 e. The standard InChI is InChI=1S/C13H16N2/c1-10(2)11-6-7-13(15)12(9-11)5-3-4-8-14/h3,5-7,9-10H,4,15H2,1-2H3. The average molecular weight is 200 g/mol. The number of hydrogen-bond donors (Lipinski definition) is 1. The number of nitrogen functional groups attached to an aromatic ring is 1. The maximum Gasteiger partial charge on any atom is 0.0663 e. The molecule has 1 rings (SSSR count). The van der Waals surface area contributed by atoms with Crippen molar-refractivity contribution >= 4 is 11.8 Å². The number of anilines is 1. The van der Waals surface area contributed by atoms with E-state index in [0.717, 1.165) is 11.3 Å². The lowest BCUT2D eigenvalue weighted by molar-refractivity contribution is 0.866. The number of hydrogen-bond acceptors (Lipinski definition) is 2. The summed E-state index contributed by atoms with van der Waals surface area (Å²) in [5, 5.41) is 8.42. The molecule has 0 heterocycles. The summed E-state index contributed by atoms with van der Waals surface area (Å²) in [6, 6.07) is 8.11. The summed E-state index contributed by atoms with van der Waals surface area (Å²) in [4.78, 5) is 0. The number of benzene rings is 1. The van der Waals surface area contributed by atoms with E-state index in [2.05, 4.69) is 26.0 Å². The number of allylic oxidation sites excluding steroid dienone is 1. The molecule has 0 bridgehead atoms. The third kappa shape index (κ3) is 3.14. The van der Waals surface area contributed by atoms with Crippen molar-refractivity contribution in [2.24, 2.45) is 0 Å². The van der Waals surface area contributed by atoms with E-state index in [1.54, 1.807) is 0 Å². The summed E-state index contributed by atoms with van der Waals surface area (Å²) in [6.45, 7) is 4.29. The van der Waals surface area contributed by atoms with Crippen molar-refractivity contribution in [1.82, 2.24) is 0 Å². The molecule has 2 nitrogen and oxygen atoms in total. The van der Waals surface area contributed by atoms with E-state index < -0.39 is 0 Å².